The summed E-state index contributed by atoms with van der Waals surface area (Å²) < 4.78 is 0. The number of hydrogen-bond donors (Lipinski definition) is 1. The van der Waals surface area contributed by atoms with Gasteiger partial charge in [0.25, 0.3) is 0 Å². The van der Waals surface area contributed by atoms with Gasteiger partial charge in [0, 0.05) is 38.4 Å². The number of carbonyl (C=O) groups excluding carboxylic acids is 1. The van der Waals surface area contributed by atoms with Crippen LogP contribution in [0.1, 0.15) is 12.5 Å². The molecule has 1 N–H and O–H groups in total. The molecular formula is C15H23N3O. The molecule has 0 aliphatic carbocycles. The Morgan fingerprint density at radius 2 is 2.11 bits per heavy atom. The van der Waals surface area contributed by atoms with Crippen molar-refractivity contribution in [2.75, 3.05) is 44.2 Å². The van der Waals surface area contributed by atoms with E-state index in [-0.39, 0.29) is 5.91 Å². The number of rotatable bonds is 4. The minimum atomic E-state index is 0.227. The third-order valence-electron chi connectivity index (χ3n) is 3.54. The molecule has 1 fully saturated rings. The molecule has 0 bridgehead atoms. The zero-order valence-corrected chi connectivity index (χ0v) is 11.9. The molecule has 0 saturated carbocycles. The van der Waals surface area contributed by atoms with E-state index in [2.05, 4.69) is 42.3 Å². The lowest BCUT2D eigenvalue weighted by atomic mass is 10.2. The van der Waals surface area contributed by atoms with Crippen molar-refractivity contribution in [1.82, 2.24) is 10.2 Å². The van der Waals surface area contributed by atoms with Gasteiger partial charge in [-0.1, -0.05) is 12.1 Å². The van der Waals surface area contributed by atoms with Crippen LogP contribution in [0.25, 0.3) is 0 Å². The largest absolute Gasteiger partial charge is 0.362 e. The zero-order valence-electron chi connectivity index (χ0n) is 11.9. The molecule has 19 heavy (non-hydrogen) atoms. The Morgan fingerprint density at radius 3 is 2.74 bits per heavy atom. The molecule has 1 aliphatic heterocycles. The average molecular weight is 261 g/mol. The van der Waals surface area contributed by atoms with Crippen LogP contribution in [-0.2, 0) is 4.79 Å². The zero-order chi connectivity index (χ0) is 13.7. The molecule has 1 saturated heterocycles. The smallest absolute Gasteiger partial charge is 0.242 e. The number of carbonyl (C=O) groups is 1. The fraction of sp³-hybridized carbons (Fsp3) is 0.533. The molecule has 0 aromatic heterocycles. The molecule has 0 unspecified atom stereocenters. The fourth-order valence-corrected chi connectivity index (χ4v) is 2.39. The highest BCUT2D eigenvalue weighted by atomic mass is 16.2. The highest BCUT2D eigenvalue weighted by molar-refractivity contribution is 5.81. The Hall–Kier alpha value is -1.55. The quantitative estimate of drug-likeness (QED) is 0.886. The van der Waals surface area contributed by atoms with Gasteiger partial charge in [-0.05, 0) is 31.5 Å². The Balaban J connectivity index is 2.00. The Labute approximate surface area is 115 Å². The lowest BCUT2D eigenvalue weighted by Crippen LogP contribution is -2.49. The second kappa shape index (κ2) is 6.57. The maximum Gasteiger partial charge on any atom is 0.242 e. The third kappa shape index (κ3) is 3.70. The fourth-order valence-electron chi connectivity index (χ4n) is 2.39. The van der Waals surface area contributed by atoms with E-state index in [9.17, 15) is 4.79 Å². The summed E-state index contributed by atoms with van der Waals surface area (Å²) in [4.78, 5) is 16.4. The molecule has 0 radical (unpaired) electrons. The highest BCUT2D eigenvalue weighted by Crippen LogP contribution is 2.15. The summed E-state index contributed by atoms with van der Waals surface area (Å²) in [6.45, 7) is 8.95. The summed E-state index contributed by atoms with van der Waals surface area (Å²) in [5, 5.41) is 3.27. The predicted molar refractivity (Wildman–Crippen MR) is 78.5 cm³/mol. The second-order valence-electron chi connectivity index (χ2n) is 4.98. The van der Waals surface area contributed by atoms with E-state index in [0.29, 0.717) is 6.54 Å². The average Bonchev–Trinajstić information content (AvgIpc) is 2.45. The van der Waals surface area contributed by atoms with E-state index in [0.717, 1.165) is 38.4 Å². The van der Waals surface area contributed by atoms with Crippen LogP contribution in [-0.4, -0.2) is 50.1 Å². The Bertz CT molecular complexity index is 427. The Kier molecular flexibility index (Phi) is 4.80. The van der Waals surface area contributed by atoms with Gasteiger partial charge in [-0.3, -0.25) is 4.79 Å². The Morgan fingerprint density at radius 1 is 1.37 bits per heavy atom. The van der Waals surface area contributed by atoms with Crippen molar-refractivity contribution in [3.63, 3.8) is 0 Å². The van der Waals surface area contributed by atoms with Crippen molar-refractivity contribution in [1.29, 1.82) is 0 Å². The number of benzene rings is 1. The van der Waals surface area contributed by atoms with Crippen LogP contribution in [0.3, 0.4) is 0 Å². The third-order valence-corrected chi connectivity index (χ3v) is 3.54. The first-order chi connectivity index (χ1) is 9.20. The molecule has 1 aromatic rings. The van der Waals surface area contributed by atoms with Crippen LogP contribution in [0.2, 0.25) is 0 Å². The van der Waals surface area contributed by atoms with Gasteiger partial charge in [-0.15, -0.1) is 0 Å². The van der Waals surface area contributed by atoms with Crippen molar-refractivity contribution in [3.05, 3.63) is 29.8 Å². The standard InChI is InChI=1S/C15H23N3O/c1-3-17(14-6-4-5-13(2)11-14)12-15(19)18-9-7-16-8-10-18/h4-6,11,16H,3,7-10,12H2,1-2H3. The van der Waals surface area contributed by atoms with Gasteiger partial charge in [-0.2, -0.15) is 0 Å². The number of piperazine rings is 1. The molecule has 1 heterocycles. The van der Waals surface area contributed by atoms with Crippen LogP contribution >= 0.6 is 0 Å². The van der Waals surface area contributed by atoms with Crippen molar-refractivity contribution >= 4 is 11.6 Å². The van der Waals surface area contributed by atoms with E-state index in [1.165, 1.54) is 5.56 Å². The second-order valence-corrected chi connectivity index (χ2v) is 4.98. The van der Waals surface area contributed by atoms with Crippen molar-refractivity contribution < 1.29 is 4.79 Å². The maximum absolute atomic E-state index is 12.3. The topological polar surface area (TPSA) is 35.6 Å². The predicted octanol–water partition coefficient (Wildman–Crippen LogP) is 1.25. The SMILES string of the molecule is CCN(CC(=O)N1CCNCC1)c1cccc(C)c1. The van der Waals surface area contributed by atoms with E-state index in [1.54, 1.807) is 0 Å². The van der Waals surface area contributed by atoms with Crippen LogP contribution in [0, 0.1) is 6.92 Å². The lowest BCUT2D eigenvalue weighted by molar-refractivity contribution is -0.130. The molecule has 1 aliphatic rings. The highest BCUT2D eigenvalue weighted by Gasteiger charge is 2.18. The maximum atomic E-state index is 12.3. The van der Waals surface area contributed by atoms with E-state index < -0.39 is 0 Å². The van der Waals surface area contributed by atoms with Crippen molar-refractivity contribution in [2.45, 2.75) is 13.8 Å². The summed E-state index contributed by atoms with van der Waals surface area (Å²) in [5.41, 5.74) is 2.36. The summed E-state index contributed by atoms with van der Waals surface area (Å²) >= 11 is 0. The minimum Gasteiger partial charge on any atom is -0.362 e. The van der Waals surface area contributed by atoms with Gasteiger partial charge >= 0.3 is 0 Å². The molecule has 0 atom stereocenters. The van der Waals surface area contributed by atoms with Crippen LogP contribution in [0.15, 0.2) is 24.3 Å². The summed E-state index contributed by atoms with van der Waals surface area (Å²) in [6, 6.07) is 8.33. The number of nitrogens with one attached hydrogen (secondary N) is 1. The van der Waals surface area contributed by atoms with Gasteiger partial charge in [0.2, 0.25) is 5.91 Å². The number of likely N-dealkylation sites (N-methyl/N-ethyl adjacent to an activating group) is 1. The van der Waals surface area contributed by atoms with Crippen LogP contribution in [0.5, 0.6) is 0 Å². The first-order valence-corrected chi connectivity index (χ1v) is 7.01. The number of amides is 1. The van der Waals surface area contributed by atoms with Gasteiger partial charge in [-0.25, -0.2) is 0 Å². The normalized spacial score (nSPS) is 15.4. The molecule has 4 heteroatoms. The molecule has 2 rings (SSSR count). The van der Waals surface area contributed by atoms with Crippen molar-refractivity contribution in [2.24, 2.45) is 0 Å². The molecule has 4 nitrogen and oxygen atoms in total. The number of nitrogens with zero attached hydrogens (tertiary/aromatic N) is 2. The first-order valence-electron chi connectivity index (χ1n) is 7.01. The first kappa shape index (κ1) is 13.9. The van der Waals surface area contributed by atoms with Gasteiger partial charge < -0.3 is 15.1 Å². The summed E-state index contributed by atoms with van der Waals surface area (Å²) in [5.74, 6) is 0.227. The summed E-state index contributed by atoms with van der Waals surface area (Å²) in [6.07, 6.45) is 0. The van der Waals surface area contributed by atoms with E-state index >= 15 is 0 Å². The minimum absolute atomic E-state index is 0.227. The van der Waals surface area contributed by atoms with Crippen LogP contribution in [0.4, 0.5) is 5.69 Å². The van der Waals surface area contributed by atoms with Crippen molar-refractivity contribution in [3.8, 4) is 0 Å². The molecule has 0 spiro atoms. The lowest BCUT2D eigenvalue weighted by Gasteiger charge is -2.31. The number of anilines is 1. The van der Waals surface area contributed by atoms with Gasteiger partial charge in [0.1, 0.15) is 0 Å². The number of hydrogen-bond acceptors (Lipinski definition) is 3. The molecule has 1 amide bonds. The van der Waals surface area contributed by atoms with E-state index in [1.807, 2.05) is 11.0 Å². The van der Waals surface area contributed by atoms with Gasteiger partial charge in [0.05, 0.1) is 6.54 Å². The number of aryl methyl sites for hydroxylation is 1. The molecule has 1 aromatic carbocycles. The summed E-state index contributed by atoms with van der Waals surface area (Å²) in [7, 11) is 0. The van der Waals surface area contributed by atoms with E-state index in [4.69, 9.17) is 0 Å². The molecular weight excluding hydrogens is 238 g/mol. The van der Waals surface area contributed by atoms with Crippen LogP contribution < -0.4 is 10.2 Å². The monoisotopic (exact) mass is 261 g/mol. The molecule has 104 valence electrons. The van der Waals surface area contributed by atoms with Gasteiger partial charge in [0.15, 0.2) is 0 Å².